The van der Waals surface area contributed by atoms with Crippen LogP contribution in [0.2, 0.25) is 0 Å². The topological polar surface area (TPSA) is 44.8 Å². The number of hydrogen-bond donors (Lipinski definition) is 0. The number of carbonyl (C=O) groups excluding carboxylic acids is 1. The number of esters is 1. The average molecular weight is 338 g/mol. The Morgan fingerprint density at radius 2 is 1.83 bits per heavy atom. The number of rotatable bonds is 6. The van der Waals surface area contributed by atoms with Crippen molar-refractivity contribution in [3.63, 3.8) is 0 Å². The number of hydrogen-bond acceptors (Lipinski definition) is 4. The molecule has 0 N–H and O–H groups in total. The normalized spacial score (nSPS) is 37.4. The standard InChI is InChI=1S/C20H34O4/c1-13(2)15-7-9-17(10-8-15)24-19(21)12-23-20-14(3)22-11-18(20)16-5-4-6-16/h13-18,20H,4-12H2,1-3H3. The van der Waals surface area contributed by atoms with E-state index in [1.807, 2.05) is 0 Å². The third-order valence-corrected chi connectivity index (χ3v) is 6.54. The summed E-state index contributed by atoms with van der Waals surface area (Å²) in [5.41, 5.74) is 0. The molecule has 2 aliphatic carbocycles. The first-order valence-electron chi connectivity index (χ1n) is 9.97. The second-order valence-electron chi connectivity index (χ2n) is 8.44. The molecule has 2 saturated carbocycles. The van der Waals surface area contributed by atoms with E-state index in [1.54, 1.807) is 0 Å². The molecule has 4 heteroatoms. The van der Waals surface area contributed by atoms with Crippen molar-refractivity contribution < 1.29 is 19.0 Å². The highest BCUT2D eigenvalue weighted by Crippen LogP contribution is 2.40. The molecule has 0 aromatic carbocycles. The first-order valence-corrected chi connectivity index (χ1v) is 9.97. The summed E-state index contributed by atoms with van der Waals surface area (Å²) in [5.74, 6) is 2.51. The van der Waals surface area contributed by atoms with Gasteiger partial charge in [0.25, 0.3) is 0 Å². The smallest absolute Gasteiger partial charge is 0.332 e. The van der Waals surface area contributed by atoms with Crippen LogP contribution in [0.15, 0.2) is 0 Å². The molecule has 0 aromatic rings. The summed E-state index contributed by atoms with van der Waals surface area (Å²) in [4.78, 5) is 12.2. The lowest BCUT2D eigenvalue weighted by Crippen LogP contribution is -2.37. The summed E-state index contributed by atoms with van der Waals surface area (Å²) >= 11 is 0. The van der Waals surface area contributed by atoms with Crippen molar-refractivity contribution in [3.05, 3.63) is 0 Å². The van der Waals surface area contributed by atoms with Gasteiger partial charge in [-0.15, -0.1) is 0 Å². The molecule has 0 radical (unpaired) electrons. The highest BCUT2D eigenvalue weighted by Gasteiger charge is 2.42. The molecule has 0 bridgehead atoms. The second-order valence-corrected chi connectivity index (χ2v) is 8.44. The quantitative estimate of drug-likeness (QED) is 0.688. The third-order valence-electron chi connectivity index (χ3n) is 6.54. The lowest BCUT2D eigenvalue weighted by Gasteiger charge is -2.34. The van der Waals surface area contributed by atoms with Crippen LogP contribution in [0.4, 0.5) is 0 Å². The molecular formula is C20H34O4. The maximum atomic E-state index is 12.2. The van der Waals surface area contributed by atoms with Gasteiger partial charge in [-0.1, -0.05) is 20.3 Å². The number of carbonyl (C=O) groups is 1. The minimum atomic E-state index is -0.200. The summed E-state index contributed by atoms with van der Waals surface area (Å²) < 4.78 is 17.4. The zero-order valence-electron chi connectivity index (χ0n) is 15.5. The van der Waals surface area contributed by atoms with Crippen LogP contribution in [0, 0.1) is 23.7 Å². The van der Waals surface area contributed by atoms with Gasteiger partial charge in [0.2, 0.25) is 0 Å². The molecule has 0 amide bonds. The molecule has 1 saturated heterocycles. The van der Waals surface area contributed by atoms with Gasteiger partial charge in [0.15, 0.2) is 0 Å². The van der Waals surface area contributed by atoms with Crippen LogP contribution in [0.5, 0.6) is 0 Å². The maximum absolute atomic E-state index is 12.2. The van der Waals surface area contributed by atoms with Crippen LogP contribution in [0.25, 0.3) is 0 Å². The van der Waals surface area contributed by atoms with Crippen molar-refractivity contribution in [2.45, 2.75) is 84.0 Å². The van der Waals surface area contributed by atoms with Gasteiger partial charge in [-0.2, -0.15) is 0 Å². The van der Waals surface area contributed by atoms with Gasteiger partial charge in [0.05, 0.1) is 18.8 Å². The van der Waals surface area contributed by atoms with E-state index < -0.39 is 0 Å². The van der Waals surface area contributed by atoms with Crippen molar-refractivity contribution in [2.75, 3.05) is 13.2 Å². The Balaban J connectivity index is 1.39. The van der Waals surface area contributed by atoms with E-state index in [-0.39, 0.29) is 30.9 Å². The van der Waals surface area contributed by atoms with Crippen molar-refractivity contribution in [2.24, 2.45) is 23.7 Å². The summed E-state index contributed by atoms with van der Waals surface area (Å²) in [6, 6.07) is 0. The molecule has 3 aliphatic rings. The Kier molecular flexibility index (Phi) is 6.20. The van der Waals surface area contributed by atoms with E-state index in [4.69, 9.17) is 14.2 Å². The van der Waals surface area contributed by atoms with Crippen molar-refractivity contribution in [1.82, 2.24) is 0 Å². The molecule has 138 valence electrons. The fourth-order valence-electron chi connectivity index (χ4n) is 4.59. The van der Waals surface area contributed by atoms with Gasteiger partial charge in [-0.25, -0.2) is 4.79 Å². The summed E-state index contributed by atoms with van der Waals surface area (Å²) in [6.07, 6.45) is 8.48. The number of ether oxygens (including phenoxy) is 3. The molecular weight excluding hydrogens is 304 g/mol. The minimum Gasteiger partial charge on any atom is -0.461 e. The lowest BCUT2D eigenvalue weighted by atomic mass is 9.74. The average Bonchev–Trinajstić information content (AvgIpc) is 2.85. The van der Waals surface area contributed by atoms with Crippen LogP contribution < -0.4 is 0 Å². The fraction of sp³-hybridized carbons (Fsp3) is 0.950. The Morgan fingerprint density at radius 1 is 1.12 bits per heavy atom. The Labute approximate surface area is 146 Å². The van der Waals surface area contributed by atoms with E-state index in [2.05, 4.69) is 20.8 Å². The maximum Gasteiger partial charge on any atom is 0.332 e. The van der Waals surface area contributed by atoms with Gasteiger partial charge in [-0.3, -0.25) is 0 Å². The van der Waals surface area contributed by atoms with Crippen molar-refractivity contribution >= 4 is 5.97 Å². The Morgan fingerprint density at radius 3 is 2.42 bits per heavy atom. The molecule has 3 fully saturated rings. The van der Waals surface area contributed by atoms with Gasteiger partial charge in [0, 0.05) is 5.92 Å². The molecule has 0 aromatic heterocycles. The zero-order chi connectivity index (χ0) is 17.1. The summed E-state index contributed by atoms with van der Waals surface area (Å²) in [7, 11) is 0. The van der Waals surface area contributed by atoms with E-state index in [0.29, 0.717) is 5.92 Å². The minimum absolute atomic E-state index is 0.0551. The van der Waals surface area contributed by atoms with E-state index in [0.717, 1.165) is 37.2 Å². The predicted octanol–water partition coefficient (Wildman–Crippen LogP) is 3.96. The van der Waals surface area contributed by atoms with Crippen LogP contribution in [-0.2, 0) is 19.0 Å². The zero-order valence-corrected chi connectivity index (χ0v) is 15.5. The van der Waals surface area contributed by atoms with E-state index in [1.165, 1.54) is 32.1 Å². The molecule has 3 rings (SSSR count). The van der Waals surface area contributed by atoms with Gasteiger partial charge in [0.1, 0.15) is 12.7 Å². The molecule has 3 atom stereocenters. The van der Waals surface area contributed by atoms with Gasteiger partial charge in [-0.05, 0) is 63.2 Å². The molecule has 0 spiro atoms. The van der Waals surface area contributed by atoms with E-state index in [9.17, 15) is 4.79 Å². The molecule has 3 unspecified atom stereocenters. The first-order chi connectivity index (χ1) is 11.5. The van der Waals surface area contributed by atoms with Crippen molar-refractivity contribution in [1.29, 1.82) is 0 Å². The molecule has 4 nitrogen and oxygen atoms in total. The predicted molar refractivity (Wildman–Crippen MR) is 92.7 cm³/mol. The Bertz CT molecular complexity index is 410. The van der Waals surface area contributed by atoms with Crippen LogP contribution >= 0.6 is 0 Å². The molecule has 1 aliphatic heterocycles. The summed E-state index contributed by atoms with van der Waals surface area (Å²) in [6.45, 7) is 7.49. The second kappa shape index (κ2) is 8.18. The SMILES string of the molecule is CC(C)C1CCC(OC(=O)COC2C(C)OCC2C2CCC2)CC1. The lowest BCUT2D eigenvalue weighted by molar-refractivity contribution is -0.160. The third kappa shape index (κ3) is 4.32. The molecule has 1 heterocycles. The molecule has 24 heavy (non-hydrogen) atoms. The largest absolute Gasteiger partial charge is 0.461 e. The fourth-order valence-corrected chi connectivity index (χ4v) is 4.59. The van der Waals surface area contributed by atoms with Gasteiger partial charge >= 0.3 is 5.97 Å². The van der Waals surface area contributed by atoms with Gasteiger partial charge < -0.3 is 14.2 Å². The Hall–Kier alpha value is -0.610. The van der Waals surface area contributed by atoms with Crippen molar-refractivity contribution in [3.8, 4) is 0 Å². The highest BCUT2D eigenvalue weighted by atomic mass is 16.6. The first kappa shape index (κ1) is 18.2. The van der Waals surface area contributed by atoms with Crippen LogP contribution in [0.3, 0.4) is 0 Å². The monoisotopic (exact) mass is 338 g/mol. The van der Waals surface area contributed by atoms with Crippen LogP contribution in [-0.4, -0.2) is 37.5 Å². The summed E-state index contributed by atoms with van der Waals surface area (Å²) in [5, 5.41) is 0. The van der Waals surface area contributed by atoms with E-state index >= 15 is 0 Å². The highest BCUT2D eigenvalue weighted by molar-refractivity contribution is 5.70. The van der Waals surface area contributed by atoms with Crippen LogP contribution in [0.1, 0.15) is 65.7 Å².